The molecule has 3 N–H and O–H groups in total. The summed E-state index contributed by atoms with van der Waals surface area (Å²) in [5, 5.41) is 11.6. The maximum Gasteiger partial charge on any atom is 0.130 e. The summed E-state index contributed by atoms with van der Waals surface area (Å²) in [6.45, 7) is 3.25. The number of quaternary nitrogens is 1. The van der Waals surface area contributed by atoms with Gasteiger partial charge in [-0.2, -0.15) is 0 Å². The first-order valence-corrected chi connectivity index (χ1v) is 6.92. The number of aromatic amines is 1. The highest BCUT2D eigenvalue weighted by molar-refractivity contribution is 5.83. The van der Waals surface area contributed by atoms with Crippen LogP contribution in [0.2, 0.25) is 0 Å². The van der Waals surface area contributed by atoms with Gasteiger partial charge in [-0.3, -0.25) is 0 Å². The number of rotatable bonds is 3. The number of H-pyrrole nitrogens is 1. The zero-order chi connectivity index (χ0) is 12.4. The van der Waals surface area contributed by atoms with E-state index in [1.54, 1.807) is 4.90 Å². The van der Waals surface area contributed by atoms with Gasteiger partial charge in [-0.1, -0.05) is 18.2 Å². The van der Waals surface area contributed by atoms with Crippen molar-refractivity contribution in [2.24, 2.45) is 0 Å². The number of benzene rings is 1. The van der Waals surface area contributed by atoms with Crippen molar-refractivity contribution in [1.82, 2.24) is 4.98 Å². The van der Waals surface area contributed by atoms with E-state index in [0.717, 1.165) is 23.0 Å². The number of piperidine rings is 1. The Morgan fingerprint density at radius 3 is 2.78 bits per heavy atom. The maximum absolute atomic E-state index is 10.4. The number of likely N-dealkylation sites (tertiary alicyclic amines) is 1. The average Bonchev–Trinajstić information content (AvgIpc) is 2.84. The first-order chi connectivity index (χ1) is 8.84. The Hall–Kier alpha value is -1.32. The highest BCUT2D eigenvalue weighted by atomic mass is 16.3. The summed E-state index contributed by atoms with van der Waals surface area (Å²) in [6.07, 6.45) is 5.56. The third-order valence-corrected chi connectivity index (χ3v) is 4.02. The summed E-state index contributed by atoms with van der Waals surface area (Å²) in [4.78, 5) is 4.78. The first kappa shape index (κ1) is 11.8. The van der Waals surface area contributed by atoms with E-state index in [-0.39, 0.29) is 6.10 Å². The molecule has 1 aliphatic heterocycles. The molecule has 1 atom stereocenters. The molecule has 0 spiro atoms. The molecule has 1 aromatic heterocycles. The van der Waals surface area contributed by atoms with Gasteiger partial charge in [0.1, 0.15) is 12.6 Å². The minimum Gasteiger partial charge on any atom is -0.382 e. The number of hydrogen-bond acceptors (Lipinski definition) is 1. The Bertz CT molecular complexity index is 514. The molecule has 3 nitrogen and oxygen atoms in total. The van der Waals surface area contributed by atoms with Crippen molar-refractivity contribution in [2.45, 2.75) is 25.4 Å². The number of nitrogens with one attached hydrogen (secondary N) is 2. The van der Waals surface area contributed by atoms with Crippen LogP contribution in [0.15, 0.2) is 30.5 Å². The fraction of sp³-hybridized carbons (Fsp3) is 0.467. The number of aliphatic hydroxyl groups is 1. The van der Waals surface area contributed by atoms with Crippen LogP contribution >= 0.6 is 0 Å². The van der Waals surface area contributed by atoms with Gasteiger partial charge in [0.25, 0.3) is 0 Å². The van der Waals surface area contributed by atoms with Gasteiger partial charge < -0.3 is 15.0 Å². The molecule has 2 heterocycles. The Morgan fingerprint density at radius 2 is 1.94 bits per heavy atom. The van der Waals surface area contributed by atoms with E-state index in [1.807, 2.05) is 18.3 Å². The zero-order valence-corrected chi connectivity index (χ0v) is 10.7. The molecule has 1 aliphatic rings. The van der Waals surface area contributed by atoms with Crippen molar-refractivity contribution >= 4 is 10.9 Å². The molecule has 1 aromatic carbocycles. The third kappa shape index (κ3) is 2.28. The van der Waals surface area contributed by atoms with E-state index in [4.69, 9.17) is 0 Å². The summed E-state index contributed by atoms with van der Waals surface area (Å²) < 4.78 is 0. The largest absolute Gasteiger partial charge is 0.382 e. The molecule has 18 heavy (non-hydrogen) atoms. The van der Waals surface area contributed by atoms with Crippen molar-refractivity contribution in [1.29, 1.82) is 0 Å². The number of fused-ring (bicyclic) bond motifs is 1. The van der Waals surface area contributed by atoms with Crippen LogP contribution in [0.25, 0.3) is 10.9 Å². The lowest BCUT2D eigenvalue weighted by atomic mass is 10.1. The van der Waals surface area contributed by atoms with E-state index in [9.17, 15) is 5.11 Å². The third-order valence-electron chi connectivity index (χ3n) is 4.02. The van der Waals surface area contributed by atoms with Crippen LogP contribution in [0.1, 0.15) is 30.9 Å². The lowest BCUT2D eigenvalue weighted by molar-refractivity contribution is -0.908. The van der Waals surface area contributed by atoms with E-state index in [2.05, 4.69) is 17.1 Å². The summed E-state index contributed by atoms with van der Waals surface area (Å²) in [5.41, 5.74) is 2.16. The second-order valence-electron chi connectivity index (χ2n) is 5.32. The van der Waals surface area contributed by atoms with Gasteiger partial charge in [0.2, 0.25) is 0 Å². The summed E-state index contributed by atoms with van der Waals surface area (Å²) >= 11 is 0. The lowest BCUT2D eigenvalue weighted by Gasteiger charge is -2.25. The standard InChI is InChI=1S/C15H20N2O/c18-15(11-17-8-4-1-5-9-17)13-10-16-14-7-3-2-6-12(13)14/h2-3,6-7,10,15-16,18H,1,4-5,8-9,11H2/p+1/t15-/m0/s1. The maximum atomic E-state index is 10.4. The van der Waals surface area contributed by atoms with Crippen molar-refractivity contribution in [2.75, 3.05) is 19.6 Å². The Labute approximate surface area is 107 Å². The zero-order valence-electron chi connectivity index (χ0n) is 10.7. The molecule has 3 rings (SSSR count). The van der Waals surface area contributed by atoms with Gasteiger partial charge in [0.15, 0.2) is 0 Å². The van der Waals surface area contributed by atoms with Crippen LogP contribution in [-0.2, 0) is 0 Å². The minimum atomic E-state index is -0.353. The first-order valence-electron chi connectivity index (χ1n) is 6.92. The van der Waals surface area contributed by atoms with Crippen LogP contribution in [0.5, 0.6) is 0 Å². The minimum absolute atomic E-state index is 0.353. The van der Waals surface area contributed by atoms with Crippen molar-refractivity contribution < 1.29 is 10.0 Å². The smallest absolute Gasteiger partial charge is 0.130 e. The molecule has 1 fully saturated rings. The van der Waals surface area contributed by atoms with Gasteiger partial charge in [-0.15, -0.1) is 0 Å². The molecule has 0 amide bonds. The van der Waals surface area contributed by atoms with Gasteiger partial charge >= 0.3 is 0 Å². The molecular weight excluding hydrogens is 224 g/mol. The second-order valence-corrected chi connectivity index (χ2v) is 5.32. The topological polar surface area (TPSA) is 40.5 Å². The van der Waals surface area contributed by atoms with Crippen molar-refractivity contribution in [3.8, 4) is 0 Å². The highest BCUT2D eigenvalue weighted by Crippen LogP contribution is 2.23. The molecule has 0 radical (unpaired) electrons. The summed E-state index contributed by atoms with van der Waals surface area (Å²) in [6, 6.07) is 8.18. The summed E-state index contributed by atoms with van der Waals surface area (Å²) in [5.74, 6) is 0. The monoisotopic (exact) mass is 245 g/mol. The van der Waals surface area contributed by atoms with Crippen LogP contribution in [0, 0.1) is 0 Å². The Kier molecular flexibility index (Phi) is 3.35. The van der Waals surface area contributed by atoms with E-state index < -0.39 is 0 Å². The fourth-order valence-electron chi connectivity index (χ4n) is 3.01. The molecule has 1 saturated heterocycles. The molecule has 96 valence electrons. The van der Waals surface area contributed by atoms with Crippen LogP contribution < -0.4 is 4.90 Å². The molecule has 2 aromatic rings. The predicted octanol–water partition coefficient (Wildman–Crippen LogP) is 1.27. The predicted molar refractivity (Wildman–Crippen MR) is 72.7 cm³/mol. The van der Waals surface area contributed by atoms with Gasteiger partial charge in [0, 0.05) is 22.7 Å². The van der Waals surface area contributed by atoms with Crippen LogP contribution in [0.4, 0.5) is 0 Å². The number of aromatic nitrogens is 1. The quantitative estimate of drug-likeness (QED) is 0.749. The summed E-state index contributed by atoms with van der Waals surface area (Å²) in [7, 11) is 0. The average molecular weight is 245 g/mol. The Balaban J connectivity index is 1.76. The number of hydrogen-bond donors (Lipinski definition) is 3. The molecular formula is C15H21N2O+. The molecule has 0 saturated carbocycles. The molecule has 3 heteroatoms. The Morgan fingerprint density at radius 1 is 1.17 bits per heavy atom. The van der Waals surface area contributed by atoms with Crippen LogP contribution in [0.3, 0.4) is 0 Å². The van der Waals surface area contributed by atoms with Gasteiger partial charge in [-0.05, 0) is 25.3 Å². The van der Waals surface area contributed by atoms with Crippen molar-refractivity contribution in [3.05, 3.63) is 36.0 Å². The van der Waals surface area contributed by atoms with Gasteiger partial charge in [0.05, 0.1) is 13.1 Å². The van der Waals surface area contributed by atoms with Crippen molar-refractivity contribution in [3.63, 3.8) is 0 Å². The van der Waals surface area contributed by atoms with E-state index in [1.165, 1.54) is 32.4 Å². The normalized spacial score (nSPS) is 19.2. The number of aliphatic hydroxyl groups excluding tert-OH is 1. The molecule has 0 aliphatic carbocycles. The van der Waals surface area contributed by atoms with E-state index in [0.29, 0.717) is 0 Å². The van der Waals surface area contributed by atoms with Crippen LogP contribution in [-0.4, -0.2) is 29.7 Å². The SMILES string of the molecule is O[C@@H](C[NH+]1CCCCC1)c1c[nH]c2ccccc12. The fourth-order valence-corrected chi connectivity index (χ4v) is 3.01. The highest BCUT2D eigenvalue weighted by Gasteiger charge is 2.20. The lowest BCUT2D eigenvalue weighted by Crippen LogP contribution is -3.13. The van der Waals surface area contributed by atoms with Gasteiger partial charge in [-0.25, -0.2) is 0 Å². The second kappa shape index (κ2) is 5.12. The van der Waals surface area contributed by atoms with E-state index >= 15 is 0 Å². The molecule has 0 bridgehead atoms. The molecule has 0 unspecified atom stereocenters. The number of para-hydroxylation sites is 1.